The van der Waals surface area contributed by atoms with Gasteiger partial charge < -0.3 is 20.4 Å². The number of nitrogens with zero attached hydrogens (tertiary/aromatic N) is 3. The molecule has 1 amide bonds. The van der Waals surface area contributed by atoms with Gasteiger partial charge >= 0.3 is 0 Å². The lowest BCUT2D eigenvalue weighted by Crippen LogP contribution is -2.45. The van der Waals surface area contributed by atoms with Crippen LogP contribution >= 0.6 is 0 Å². The third-order valence-electron chi connectivity index (χ3n) is 6.26. The average molecular weight is 414 g/mol. The third kappa shape index (κ3) is 6.38. The van der Waals surface area contributed by atoms with Crippen LogP contribution in [0, 0.1) is 5.92 Å². The highest BCUT2D eigenvalue weighted by atomic mass is 16.2. The summed E-state index contributed by atoms with van der Waals surface area (Å²) in [6.07, 6.45) is 7.77. The van der Waals surface area contributed by atoms with Gasteiger partial charge in [0.05, 0.1) is 0 Å². The van der Waals surface area contributed by atoms with Crippen LogP contribution in [0.5, 0.6) is 0 Å². The number of hydrogen-bond donors (Lipinski definition) is 2. The molecule has 1 aromatic carbocycles. The second-order valence-corrected chi connectivity index (χ2v) is 8.82. The van der Waals surface area contributed by atoms with Gasteiger partial charge in [0.15, 0.2) is 5.96 Å². The first-order valence-corrected chi connectivity index (χ1v) is 11.7. The SMILES string of the molecule is CCNC(=NCCc1ccc(N(C)C)cc1)NC1CCN(C(=O)C2CCCCC2)C1. The van der Waals surface area contributed by atoms with Gasteiger partial charge in [-0.1, -0.05) is 31.4 Å². The maximum atomic E-state index is 12.8. The smallest absolute Gasteiger partial charge is 0.225 e. The fourth-order valence-corrected chi connectivity index (χ4v) is 4.46. The van der Waals surface area contributed by atoms with E-state index in [1.807, 2.05) is 0 Å². The summed E-state index contributed by atoms with van der Waals surface area (Å²) >= 11 is 0. The van der Waals surface area contributed by atoms with Crippen molar-refractivity contribution in [3.63, 3.8) is 0 Å². The van der Waals surface area contributed by atoms with Crippen molar-refractivity contribution in [2.45, 2.75) is 57.9 Å². The highest BCUT2D eigenvalue weighted by Crippen LogP contribution is 2.26. The molecule has 0 spiro atoms. The van der Waals surface area contributed by atoms with Crippen LogP contribution in [0.4, 0.5) is 5.69 Å². The molecule has 2 aliphatic rings. The minimum Gasteiger partial charge on any atom is -0.378 e. The maximum absolute atomic E-state index is 12.8. The van der Waals surface area contributed by atoms with Crippen LogP contribution in [0.2, 0.25) is 0 Å². The van der Waals surface area contributed by atoms with Gasteiger partial charge in [-0.05, 0) is 50.3 Å². The van der Waals surface area contributed by atoms with Gasteiger partial charge in [0.2, 0.25) is 5.91 Å². The lowest BCUT2D eigenvalue weighted by atomic mass is 9.88. The van der Waals surface area contributed by atoms with Crippen LogP contribution in [0.25, 0.3) is 0 Å². The largest absolute Gasteiger partial charge is 0.378 e. The van der Waals surface area contributed by atoms with E-state index in [-0.39, 0.29) is 12.0 Å². The van der Waals surface area contributed by atoms with Gasteiger partial charge in [-0.25, -0.2) is 0 Å². The summed E-state index contributed by atoms with van der Waals surface area (Å²) in [7, 11) is 4.11. The molecule has 1 unspecified atom stereocenters. The maximum Gasteiger partial charge on any atom is 0.225 e. The number of rotatable bonds is 7. The van der Waals surface area contributed by atoms with Crippen LogP contribution < -0.4 is 15.5 Å². The molecule has 3 rings (SSSR count). The standard InChI is InChI=1S/C24H39N5O/c1-4-25-24(26-16-14-19-10-12-22(13-11-19)28(2)3)27-21-15-17-29(18-21)23(30)20-8-6-5-7-9-20/h10-13,20-21H,4-9,14-18H2,1-3H3,(H2,25,26,27). The topological polar surface area (TPSA) is 60.0 Å². The zero-order chi connectivity index (χ0) is 21.3. The summed E-state index contributed by atoms with van der Waals surface area (Å²) in [6, 6.07) is 8.95. The molecule has 1 saturated carbocycles. The van der Waals surface area contributed by atoms with Crippen LogP contribution in [0.1, 0.15) is 51.0 Å². The molecule has 0 aromatic heterocycles. The number of likely N-dealkylation sites (tertiary alicyclic amines) is 1. The molecular weight excluding hydrogens is 374 g/mol. The van der Waals surface area contributed by atoms with E-state index in [4.69, 9.17) is 4.99 Å². The molecule has 1 aliphatic carbocycles. The Bertz CT molecular complexity index is 694. The van der Waals surface area contributed by atoms with Gasteiger partial charge in [-0.2, -0.15) is 0 Å². The average Bonchev–Trinajstić information content (AvgIpc) is 3.23. The summed E-state index contributed by atoms with van der Waals surface area (Å²) < 4.78 is 0. The molecule has 1 heterocycles. The molecule has 1 aliphatic heterocycles. The summed E-state index contributed by atoms with van der Waals surface area (Å²) in [5.74, 6) is 1.50. The van der Waals surface area contributed by atoms with Crippen molar-refractivity contribution in [1.29, 1.82) is 0 Å². The Balaban J connectivity index is 1.48. The van der Waals surface area contributed by atoms with E-state index in [2.05, 4.69) is 65.7 Å². The van der Waals surface area contributed by atoms with Crippen molar-refractivity contribution in [2.75, 3.05) is 45.2 Å². The normalized spacial score (nSPS) is 20.3. The number of carbonyl (C=O) groups is 1. The molecule has 1 aromatic rings. The predicted octanol–water partition coefficient (Wildman–Crippen LogP) is 3.03. The first kappa shape index (κ1) is 22.4. The van der Waals surface area contributed by atoms with E-state index >= 15 is 0 Å². The van der Waals surface area contributed by atoms with E-state index in [0.29, 0.717) is 5.91 Å². The minimum atomic E-state index is 0.262. The molecule has 30 heavy (non-hydrogen) atoms. The quantitative estimate of drug-likeness (QED) is 0.533. The van der Waals surface area contributed by atoms with Crippen LogP contribution in [0.3, 0.4) is 0 Å². The molecule has 2 fully saturated rings. The number of amides is 1. The first-order valence-electron chi connectivity index (χ1n) is 11.7. The fraction of sp³-hybridized carbons (Fsp3) is 0.667. The number of benzene rings is 1. The highest BCUT2D eigenvalue weighted by Gasteiger charge is 2.31. The monoisotopic (exact) mass is 413 g/mol. The van der Waals surface area contributed by atoms with Crippen LogP contribution in [-0.4, -0.2) is 63.1 Å². The van der Waals surface area contributed by atoms with E-state index in [1.165, 1.54) is 30.5 Å². The van der Waals surface area contributed by atoms with Crippen molar-refractivity contribution >= 4 is 17.6 Å². The molecule has 6 nitrogen and oxygen atoms in total. The van der Waals surface area contributed by atoms with Crippen molar-refractivity contribution < 1.29 is 4.79 Å². The van der Waals surface area contributed by atoms with Gasteiger partial charge in [0.1, 0.15) is 0 Å². The Kier molecular flexibility index (Phi) is 8.40. The van der Waals surface area contributed by atoms with Gasteiger partial charge in [0.25, 0.3) is 0 Å². The number of guanidine groups is 1. The van der Waals surface area contributed by atoms with E-state index in [0.717, 1.165) is 57.8 Å². The van der Waals surface area contributed by atoms with E-state index in [9.17, 15) is 4.79 Å². The minimum absolute atomic E-state index is 0.262. The van der Waals surface area contributed by atoms with E-state index in [1.54, 1.807) is 0 Å². The Labute approximate surface area is 182 Å². The number of nitrogens with one attached hydrogen (secondary N) is 2. The number of hydrogen-bond acceptors (Lipinski definition) is 3. The fourth-order valence-electron chi connectivity index (χ4n) is 4.46. The summed E-state index contributed by atoms with van der Waals surface area (Å²) in [6.45, 7) is 5.33. The van der Waals surface area contributed by atoms with Gasteiger partial charge in [-0.3, -0.25) is 9.79 Å². The summed E-state index contributed by atoms with van der Waals surface area (Å²) in [5.41, 5.74) is 2.51. The van der Waals surface area contributed by atoms with E-state index < -0.39 is 0 Å². The van der Waals surface area contributed by atoms with Crippen molar-refractivity contribution in [2.24, 2.45) is 10.9 Å². The Hall–Kier alpha value is -2.24. The Morgan fingerprint density at radius 3 is 2.53 bits per heavy atom. The summed E-state index contributed by atoms with van der Waals surface area (Å²) in [5, 5.41) is 6.91. The third-order valence-corrected chi connectivity index (χ3v) is 6.26. The van der Waals surface area contributed by atoms with Crippen molar-refractivity contribution in [3.8, 4) is 0 Å². The Morgan fingerprint density at radius 1 is 1.13 bits per heavy atom. The number of aliphatic imine (C=N–C) groups is 1. The molecule has 6 heteroatoms. The molecule has 2 N–H and O–H groups in total. The van der Waals surface area contributed by atoms with Gasteiger partial charge in [0, 0.05) is 57.9 Å². The molecule has 1 saturated heterocycles. The van der Waals surface area contributed by atoms with Crippen molar-refractivity contribution in [1.82, 2.24) is 15.5 Å². The van der Waals surface area contributed by atoms with Gasteiger partial charge in [-0.15, -0.1) is 0 Å². The lowest BCUT2D eigenvalue weighted by Gasteiger charge is -2.26. The molecule has 166 valence electrons. The second kappa shape index (κ2) is 11.2. The second-order valence-electron chi connectivity index (χ2n) is 8.82. The zero-order valence-electron chi connectivity index (χ0n) is 19.0. The Morgan fingerprint density at radius 2 is 1.87 bits per heavy atom. The predicted molar refractivity (Wildman–Crippen MR) is 125 cm³/mol. The number of carbonyl (C=O) groups excluding carboxylic acids is 1. The molecule has 1 atom stereocenters. The molecule has 0 radical (unpaired) electrons. The zero-order valence-corrected chi connectivity index (χ0v) is 19.0. The highest BCUT2D eigenvalue weighted by molar-refractivity contribution is 5.81. The van der Waals surface area contributed by atoms with Crippen LogP contribution in [0.15, 0.2) is 29.3 Å². The number of anilines is 1. The molecular formula is C24H39N5O. The first-order chi connectivity index (χ1) is 14.6. The lowest BCUT2D eigenvalue weighted by molar-refractivity contribution is -0.135. The summed E-state index contributed by atoms with van der Waals surface area (Å²) in [4.78, 5) is 21.8. The van der Waals surface area contributed by atoms with Crippen LogP contribution in [-0.2, 0) is 11.2 Å². The van der Waals surface area contributed by atoms with Crippen molar-refractivity contribution in [3.05, 3.63) is 29.8 Å². The molecule has 0 bridgehead atoms.